The van der Waals surface area contributed by atoms with Crippen LogP contribution in [0, 0.1) is 5.92 Å². The Hall–Kier alpha value is -0.810. The van der Waals surface area contributed by atoms with Crippen LogP contribution >= 0.6 is 0 Å². The van der Waals surface area contributed by atoms with Gasteiger partial charge in [-0.05, 0) is 12.8 Å². The molecule has 0 aliphatic carbocycles. The molecule has 1 saturated heterocycles. The van der Waals surface area contributed by atoms with Crippen LogP contribution in [0.2, 0.25) is 0 Å². The summed E-state index contributed by atoms with van der Waals surface area (Å²) in [5, 5.41) is 0. The summed E-state index contributed by atoms with van der Waals surface area (Å²) in [5.41, 5.74) is 7.72. The average Bonchev–Trinajstić information content (AvgIpc) is 2.61. The summed E-state index contributed by atoms with van der Waals surface area (Å²) in [5.74, 6) is 5.88. The van der Waals surface area contributed by atoms with Gasteiger partial charge in [-0.25, -0.2) is 5.84 Å². The molecule has 2 unspecified atom stereocenters. The van der Waals surface area contributed by atoms with E-state index in [1.165, 1.54) is 0 Å². The number of nitrogens with zero attached hydrogens (tertiary/aromatic N) is 1. The van der Waals surface area contributed by atoms with E-state index in [9.17, 15) is 0 Å². The van der Waals surface area contributed by atoms with Gasteiger partial charge in [0.2, 0.25) is 5.96 Å². The molecule has 0 radical (unpaired) electrons. The number of ether oxygens (including phenoxy) is 1. The Morgan fingerprint density at radius 1 is 1.69 bits per heavy atom. The van der Waals surface area contributed by atoms with E-state index in [1.807, 2.05) is 0 Å². The molecule has 0 spiro atoms. The molecule has 76 valence electrons. The molecular weight excluding hydrogens is 168 g/mol. The first-order chi connectivity index (χ1) is 6.27. The second-order valence-corrected chi connectivity index (χ2v) is 3.24. The Morgan fingerprint density at radius 2 is 2.46 bits per heavy atom. The van der Waals surface area contributed by atoms with Crippen LogP contribution < -0.4 is 17.0 Å². The van der Waals surface area contributed by atoms with Crippen molar-refractivity contribution in [2.24, 2.45) is 22.5 Å². The van der Waals surface area contributed by atoms with E-state index in [-0.39, 0.29) is 0 Å². The largest absolute Gasteiger partial charge is 0.378 e. The van der Waals surface area contributed by atoms with Crippen molar-refractivity contribution in [2.75, 3.05) is 13.2 Å². The topological polar surface area (TPSA) is 85.7 Å². The van der Waals surface area contributed by atoms with Crippen LogP contribution in [-0.4, -0.2) is 25.2 Å². The highest BCUT2D eigenvalue weighted by Crippen LogP contribution is 2.23. The molecule has 0 amide bonds. The Balaban J connectivity index is 2.35. The third kappa shape index (κ3) is 2.86. The molecule has 1 aliphatic rings. The molecule has 5 nitrogen and oxygen atoms in total. The number of nitrogens with one attached hydrogen (secondary N) is 1. The van der Waals surface area contributed by atoms with Gasteiger partial charge in [0, 0.05) is 19.1 Å². The fourth-order valence-electron chi connectivity index (χ4n) is 1.61. The van der Waals surface area contributed by atoms with Gasteiger partial charge in [-0.1, -0.05) is 6.92 Å². The second-order valence-electron chi connectivity index (χ2n) is 3.24. The van der Waals surface area contributed by atoms with Gasteiger partial charge in [0.25, 0.3) is 0 Å². The standard InChI is InChI=1S/C8H18N4O/c1-2-7-6(3-4-13-7)5-11-8(9)12-10/h6-7H,2-5,10H2,1H3,(H3,9,11,12). The molecule has 0 aromatic rings. The zero-order chi connectivity index (χ0) is 9.68. The van der Waals surface area contributed by atoms with Crippen LogP contribution in [0.25, 0.3) is 0 Å². The minimum Gasteiger partial charge on any atom is -0.378 e. The average molecular weight is 186 g/mol. The smallest absolute Gasteiger partial charge is 0.203 e. The molecule has 0 aromatic heterocycles. The van der Waals surface area contributed by atoms with Crippen molar-refractivity contribution in [3.05, 3.63) is 0 Å². The van der Waals surface area contributed by atoms with Crippen molar-refractivity contribution < 1.29 is 4.74 Å². The summed E-state index contributed by atoms with van der Waals surface area (Å²) < 4.78 is 5.52. The van der Waals surface area contributed by atoms with Crippen LogP contribution in [0.3, 0.4) is 0 Å². The first kappa shape index (κ1) is 10.3. The van der Waals surface area contributed by atoms with Gasteiger partial charge >= 0.3 is 0 Å². The molecule has 5 heteroatoms. The SMILES string of the molecule is CCC1OCCC1CN=C(N)NN. The van der Waals surface area contributed by atoms with Crippen molar-refractivity contribution in [1.82, 2.24) is 5.43 Å². The normalized spacial score (nSPS) is 29.2. The molecule has 1 aliphatic heterocycles. The van der Waals surface area contributed by atoms with E-state index in [0.717, 1.165) is 19.4 Å². The number of guanidine groups is 1. The van der Waals surface area contributed by atoms with E-state index >= 15 is 0 Å². The molecule has 13 heavy (non-hydrogen) atoms. The predicted octanol–water partition coefficient (Wildman–Crippen LogP) is -0.420. The summed E-state index contributed by atoms with van der Waals surface area (Å²) in [6, 6.07) is 0. The molecular formula is C8H18N4O. The fourth-order valence-corrected chi connectivity index (χ4v) is 1.61. The van der Waals surface area contributed by atoms with Crippen LogP contribution in [-0.2, 0) is 4.74 Å². The third-order valence-electron chi connectivity index (χ3n) is 2.39. The van der Waals surface area contributed by atoms with Crippen molar-refractivity contribution >= 4 is 5.96 Å². The molecule has 1 rings (SSSR count). The van der Waals surface area contributed by atoms with E-state index in [4.69, 9.17) is 16.3 Å². The zero-order valence-electron chi connectivity index (χ0n) is 7.99. The molecule has 5 N–H and O–H groups in total. The molecule has 0 aromatic carbocycles. The quantitative estimate of drug-likeness (QED) is 0.242. The van der Waals surface area contributed by atoms with E-state index in [0.29, 0.717) is 24.5 Å². The van der Waals surface area contributed by atoms with Crippen LogP contribution in [0.4, 0.5) is 0 Å². The molecule has 0 bridgehead atoms. The summed E-state index contributed by atoms with van der Waals surface area (Å²) in [4.78, 5) is 4.10. The lowest BCUT2D eigenvalue weighted by Gasteiger charge is -2.14. The first-order valence-electron chi connectivity index (χ1n) is 4.66. The van der Waals surface area contributed by atoms with Gasteiger partial charge in [0.15, 0.2) is 0 Å². The lowest BCUT2D eigenvalue weighted by molar-refractivity contribution is 0.0893. The van der Waals surface area contributed by atoms with E-state index in [1.54, 1.807) is 0 Å². The number of aliphatic imine (C=N–C) groups is 1. The van der Waals surface area contributed by atoms with Crippen molar-refractivity contribution in [3.63, 3.8) is 0 Å². The van der Waals surface area contributed by atoms with Crippen LogP contribution in [0.5, 0.6) is 0 Å². The number of nitrogens with two attached hydrogens (primary N) is 2. The Kier molecular flexibility index (Phi) is 3.98. The van der Waals surface area contributed by atoms with E-state index in [2.05, 4.69) is 17.3 Å². The van der Waals surface area contributed by atoms with Gasteiger partial charge in [-0.2, -0.15) is 0 Å². The van der Waals surface area contributed by atoms with Gasteiger partial charge in [-0.15, -0.1) is 0 Å². The maximum Gasteiger partial charge on any atom is 0.203 e. The summed E-state index contributed by atoms with van der Waals surface area (Å²) in [6.45, 7) is 3.67. The zero-order valence-corrected chi connectivity index (χ0v) is 7.99. The Morgan fingerprint density at radius 3 is 3.08 bits per heavy atom. The summed E-state index contributed by atoms with van der Waals surface area (Å²) >= 11 is 0. The maximum atomic E-state index is 5.52. The predicted molar refractivity (Wildman–Crippen MR) is 52.0 cm³/mol. The minimum atomic E-state index is 0.293. The Labute approximate surface area is 78.5 Å². The van der Waals surface area contributed by atoms with Crippen LogP contribution in [0.1, 0.15) is 19.8 Å². The monoisotopic (exact) mass is 186 g/mol. The molecule has 2 atom stereocenters. The van der Waals surface area contributed by atoms with Crippen molar-refractivity contribution in [2.45, 2.75) is 25.9 Å². The minimum absolute atomic E-state index is 0.293. The molecule has 0 saturated carbocycles. The van der Waals surface area contributed by atoms with Crippen molar-refractivity contribution in [1.29, 1.82) is 0 Å². The number of hydrogen-bond acceptors (Lipinski definition) is 3. The highest BCUT2D eigenvalue weighted by molar-refractivity contribution is 5.77. The number of hydrazine groups is 1. The third-order valence-corrected chi connectivity index (χ3v) is 2.39. The van der Waals surface area contributed by atoms with E-state index < -0.39 is 0 Å². The maximum absolute atomic E-state index is 5.52. The van der Waals surface area contributed by atoms with Gasteiger partial charge < -0.3 is 10.5 Å². The first-order valence-corrected chi connectivity index (χ1v) is 4.66. The highest BCUT2D eigenvalue weighted by atomic mass is 16.5. The van der Waals surface area contributed by atoms with Gasteiger partial charge in [0.05, 0.1) is 6.10 Å². The number of rotatable bonds is 3. The second kappa shape index (κ2) is 5.04. The molecule has 1 fully saturated rings. The lowest BCUT2D eigenvalue weighted by atomic mass is 10.0. The van der Waals surface area contributed by atoms with Gasteiger partial charge in [-0.3, -0.25) is 10.4 Å². The van der Waals surface area contributed by atoms with Crippen LogP contribution in [0.15, 0.2) is 4.99 Å². The van der Waals surface area contributed by atoms with Crippen molar-refractivity contribution in [3.8, 4) is 0 Å². The molecule has 1 heterocycles. The fraction of sp³-hybridized carbons (Fsp3) is 0.875. The lowest BCUT2D eigenvalue weighted by Crippen LogP contribution is -2.37. The summed E-state index contributed by atoms with van der Waals surface area (Å²) in [6.07, 6.45) is 2.45. The summed E-state index contributed by atoms with van der Waals surface area (Å²) in [7, 11) is 0. The number of hydrogen-bond donors (Lipinski definition) is 3. The van der Waals surface area contributed by atoms with Gasteiger partial charge in [0.1, 0.15) is 0 Å². The Bertz CT molecular complexity index is 183. The highest BCUT2D eigenvalue weighted by Gasteiger charge is 2.26.